The summed E-state index contributed by atoms with van der Waals surface area (Å²) in [5.41, 5.74) is 5.41. The molecular formula is C15H19FN2O2. The van der Waals surface area contributed by atoms with Gasteiger partial charge in [-0.3, -0.25) is 4.79 Å². The van der Waals surface area contributed by atoms with Crippen LogP contribution in [0, 0.1) is 11.2 Å². The van der Waals surface area contributed by atoms with Gasteiger partial charge >= 0.3 is 0 Å². The fourth-order valence-electron chi connectivity index (χ4n) is 3.32. The van der Waals surface area contributed by atoms with Crippen LogP contribution in [0.15, 0.2) is 18.2 Å². The van der Waals surface area contributed by atoms with Crippen molar-refractivity contribution in [3.63, 3.8) is 0 Å². The van der Waals surface area contributed by atoms with Crippen molar-refractivity contribution in [2.75, 3.05) is 13.1 Å². The molecule has 1 aromatic carbocycles. The van der Waals surface area contributed by atoms with Gasteiger partial charge in [-0.2, -0.15) is 0 Å². The van der Waals surface area contributed by atoms with Gasteiger partial charge in [0.05, 0.1) is 11.7 Å². The van der Waals surface area contributed by atoms with Gasteiger partial charge in [-0.15, -0.1) is 0 Å². The van der Waals surface area contributed by atoms with E-state index >= 15 is 0 Å². The first-order chi connectivity index (χ1) is 9.58. The van der Waals surface area contributed by atoms with Crippen LogP contribution in [0.2, 0.25) is 0 Å². The monoisotopic (exact) mass is 278 g/mol. The fraction of sp³-hybridized carbons (Fsp3) is 0.533. The Morgan fingerprint density at radius 2 is 2.05 bits per heavy atom. The molecule has 0 unspecified atom stereocenters. The van der Waals surface area contributed by atoms with E-state index < -0.39 is 11.7 Å². The molecule has 3 rings (SSSR count). The van der Waals surface area contributed by atoms with E-state index in [9.17, 15) is 9.18 Å². The maximum atomic E-state index is 13.6. The highest BCUT2D eigenvalue weighted by Gasteiger charge is 2.45. The minimum Gasteiger partial charge on any atom is -0.490 e. The van der Waals surface area contributed by atoms with Gasteiger partial charge in [0.1, 0.15) is 11.6 Å². The van der Waals surface area contributed by atoms with E-state index in [1.165, 1.54) is 25.0 Å². The Bertz CT molecular complexity index is 519. The first-order valence-electron chi connectivity index (χ1n) is 7.05. The van der Waals surface area contributed by atoms with Gasteiger partial charge in [0.25, 0.3) is 5.91 Å². The molecule has 1 saturated carbocycles. The second-order valence-corrected chi connectivity index (χ2v) is 5.90. The van der Waals surface area contributed by atoms with Gasteiger partial charge < -0.3 is 15.8 Å². The largest absolute Gasteiger partial charge is 0.490 e. The molecule has 0 atom stereocenters. The molecule has 1 aliphatic heterocycles. The Morgan fingerprint density at radius 1 is 1.35 bits per heavy atom. The summed E-state index contributed by atoms with van der Waals surface area (Å²) in [7, 11) is 0. The highest BCUT2D eigenvalue weighted by atomic mass is 19.1. The standard InChI is InChI=1S/C15H19FN2O2/c16-13-7-10(1-2-12(13)14(17)19)20-11-8-15(9-11)3-5-18-6-4-15/h1-2,7,11,18H,3-6,8-9H2,(H2,17,19). The van der Waals surface area contributed by atoms with E-state index in [2.05, 4.69) is 5.32 Å². The van der Waals surface area contributed by atoms with Crippen molar-refractivity contribution < 1.29 is 13.9 Å². The number of nitrogens with two attached hydrogens (primary N) is 1. The Balaban J connectivity index is 1.60. The predicted octanol–water partition coefficient (Wildman–Crippen LogP) is 1.84. The second-order valence-electron chi connectivity index (χ2n) is 5.90. The van der Waals surface area contributed by atoms with Gasteiger partial charge in [-0.25, -0.2) is 4.39 Å². The number of piperidine rings is 1. The lowest BCUT2D eigenvalue weighted by molar-refractivity contribution is -0.0348. The number of halogens is 1. The van der Waals surface area contributed by atoms with Crippen molar-refractivity contribution in [2.45, 2.75) is 31.8 Å². The summed E-state index contributed by atoms with van der Waals surface area (Å²) >= 11 is 0. The molecule has 5 heteroatoms. The molecular weight excluding hydrogens is 259 g/mol. The van der Waals surface area contributed by atoms with Gasteiger partial charge in [0.15, 0.2) is 0 Å². The smallest absolute Gasteiger partial charge is 0.251 e. The topological polar surface area (TPSA) is 64.4 Å². The van der Waals surface area contributed by atoms with Crippen molar-refractivity contribution in [3.05, 3.63) is 29.6 Å². The van der Waals surface area contributed by atoms with Gasteiger partial charge in [-0.05, 0) is 56.3 Å². The zero-order valence-corrected chi connectivity index (χ0v) is 11.3. The summed E-state index contributed by atoms with van der Waals surface area (Å²) in [6.45, 7) is 2.16. The lowest BCUT2D eigenvalue weighted by Crippen LogP contribution is -2.49. The number of nitrogens with one attached hydrogen (secondary N) is 1. The molecule has 1 saturated heterocycles. The number of carbonyl (C=O) groups is 1. The van der Waals surface area contributed by atoms with Gasteiger partial charge in [-0.1, -0.05) is 0 Å². The zero-order chi connectivity index (χ0) is 14.2. The Morgan fingerprint density at radius 3 is 2.65 bits per heavy atom. The normalized spacial score (nSPS) is 21.4. The summed E-state index contributed by atoms with van der Waals surface area (Å²) in [5, 5.41) is 3.36. The molecule has 1 aromatic rings. The highest BCUT2D eigenvalue weighted by Crippen LogP contribution is 2.49. The molecule has 20 heavy (non-hydrogen) atoms. The fourth-order valence-corrected chi connectivity index (χ4v) is 3.32. The number of benzene rings is 1. The summed E-state index contributed by atoms with van der Waals surface area (Å²) < 4.78 is 19.4. The van der Waals surface area contributed by atoms with E-state index in [0.29, 0.717) is 11.2 Å². The first-order valence-corrected chi connectivity index (χ1v) is 7.05. The predicted molar refractivity (Wildman–Crippen MR) is 73.1 cm³/mol. The number of hydrogen-bond donors (Lipinski definition) is 2. The molecule has 1 heterocycles. The van der Waals surface area contributed by atoms with Crippen molar-refractivity contribution in [1.29, 1.82) is 0 Å². The SMILES string of the molecule is NC(=O)c1ccc(OC2CC3(CCNCC3)C2)cc1F. The van der Waals surface area contributed by atoms with Crippen LogP contribution in [0.4, 0.5) is 4.39 Å². The molecule has 1 aliphatic carbocycles. The molecule has 0 radical (unpaired) electrons. The molecule has 108 valence electrons. The third-order valence-corrected chi connectivity index (χ3v) is 4.49. The van der Waals surface area contributed by atoms with E-state index in [0.717, 1.165) is 25.9 Å². The van der Waals surface area contributed by atoms with Crippen LogP contribution in [0.1, 0.15) is 36.0 Å². The Hall–Kier alpha value is -1.62. The van der Waals surface area contributed by atoms with E-state index in [1.807, 2.05) is 0 Å². The number of primary amides is 1. The summed E-state index contributed by atoms with van der Waals surface area (Å²) in [5.74, 6) is -0.904. The summed E-state index contributed by atoms with van der Waals surface area (Å²) in [4.78, 5) is 11.0. The molecule has 3 N–H and O–H groups in total. The zero-order valence-electron chi connectivity index (χ0n) is 11.3. The number of ether oxygens (including phenoxy) is 1. The number of amides is 1. The third kappa shape index (κ3) is 2.50. The highest BCUT2D eigenvalue weighted by molar-refractivity contribution is 5.93. The van der Waals surface area contributed by atoms with Crippen LogP contribution in [0.5, 0.6) is 5.75 Å². The van der Waals surface area contributed by atoms with E-state index in [4.69, 9.17) is 10.5 Å². The lowest BCUT2D eigenvalue weighted by Gasteiger charge is -2.49. The van der Waals surface area contributed by atoms with E-state index in [1.54, 1.807) is 6.07 Å². The van der Waals surface area contributed by atoms with Crippen LogP contribution >= 0.6 is 0 Å². The van der Waals surface area contributed by atoms with Crippen molar-refractivity contribution in [2.24, 2.45) is 11.1 Å². The first kappa shape index (κ1) is 13.4. The molecule has 2 aliphatic rings. The summed E-state index contributed by atoms with van der Waals surface area (Å²) in [6, 6.07) is 4.23. The average Bonchev–Trinajstić information content (AvgIpc) is 2.38. The number of carbonyl (C=O) groups excluding carboxylic acids is 1. The van der Waals surface area contributed by atoms with Crippen LogP contribution in [0.25, 0.3) is 0 Å². The quantitative estimate of drug-likeness (QED) is 0.886. The van der Waals surface area contributed by atoms with Crippen LogP contribution < -0.4 is 15.8 Å². The molecule has 0 bridgehead atoms. The molecule has 2 fully saturated rings. The van der Waals surface area contributed by atoms with Crippen molar-refractivity contribution >= 4 is 5.91 Å². The number of rotatable bonds is 3. The minimum atomic E-state index is -0.758. The van der Waals surface area contributed by atoms with Crippen molar-refractivity contribution in [1.82, 2.24) is 5.32 Å². The second kappa shape index (κ2) is 5.05. The number of hydrogen-bond acceptors (Lipinski definition) is 3. The Labute approximate surface area is 117 Å². The minimum absolute atomic E-state index is 0.0965. The summed E-state index contributed by atoms with van der Waals surface area (Å²) in [6.07, 6.45) is 4.62. The maximum Gasteiger partial charge on any atom is 0.251 e. The van der Waals surface area contributed by atoms with Crippen LogP contribution in [-0.2, 0) is 0 Å². The molecule has 4 nitrogen and oxygen atoms in total. The lowest BCUT2D eigenvalue weighted by atomic mass is 9.62. The van der Waals surface area contributed by atoms with Crippen LogP contribution in [-0.4, -0.2) is 25.1 Å². The van der Waals surface area contributed by atoms with Crippen molar-refractivity contribution in [3.8, 4) is 5.75 Å². The molecule has 1 amide bonds. The van der Waals surface area contributed by atoms with Crippen LogP contribution in [0.3, 0.4) is 0 Å². The van der Waals surface area contributed by atoms with Gasteiger partial charge in [0.2, 0.25) is 0 Å². The molecule has 1 spiro atoms. The average molecular weight is 278 g/mol. The third-order valence-electron chi connectivity index (χ3n) is 4.49. The van der Waals surface area contributed by atoms with E-state index in [-0.39, 0.29) is 11.7 Å². The Kier molecular flexibility index (Phi) is 3.38. The van der Waals surface area contributed by atoms with Gasteiger partial charge in [0, 0.05) is 6.07 Å². The maximum absolute atomic E-state index is 13.6. The molecule has 0 aromatic heterocycles.